The van der Waals surface area contributed by atoms with Crippen molar-refractivity contribution in [2.24, 2.45) is 16.8 Å². The molecule has 0 bridgehead atoms. The molecule has 1 rings (SSSR count). The molecule has 1 aliphatic heterocycles. The van der Waals surface area contributed by atoms with Crippen molar-refractivity contribution in [3.8, 4) is 0 Å². The third-order valence-electron chi connectivity index (χ3n) is 3.62. The van der Waals surface area contributed by atoms with Gasteiger partial charge in [0.05, 0.1) is 0 Å². The predicted molar refractivity (Wildman–Crippen MR) is 73.1 cm³/mol. The Morgan fingerprint density at radius 2 is 2.19 bits per heavy atom. The van der Waals surface area contributed by atoms with Crippen LogP contribution in [0.4, 0.5) is 0 Å². The highest BCUT2D eigenvalue weighted by molar-refractivity contribution is 5.71. The van der Waals surface area contributed by atoms with Crippen LogP contribution in [0.5, 0.6) is 0 Å². The number of hydrogen-bond acceptors (Lipinski definition) is 1. The molecular formula is C15H27N. The first-order chi connectivity index (χ1) is 7.86. The minimum absolute atomic E-state index is 0.793. The normalized spacial score (nSPS) is 22.0. The van der Waals surface area contributed by atoms with Crippen molar-refractivity contribution in [1.29, 1.82) is 0 Å². The molecule has 1 heterocycles. The molecule has 0 radical (unpaired) electrons. The molecular weight excluding hydrogens is 194 g/mol. The van der Waals surface area contributed by atoms with E-state index < -0.39 is 0 Å². The Kier molecular flexibility index (Phi) is 7.20. The summed E-state index contributed by atoms with van der Waals surface area (Å²) in [7, 11) is 0. The van der Waals surface area contributed by atoms with Crippen molar-refractivity contribution in [2.75, 3.05) is 6.54 Å². The summed E-state index contributed by atoms with van der Waals surface area (Å²) in [4.78, 5) is 4.42. The molecule has 0 saturated heterocycles. The van der Waals surface area contributed by atoms with Crippen molar-refractivity contribution in [3.05, 3.63) is 12.2 Å². The molecule has 1 nitrogen and oxygen atoms in total. The van der Waals surface area contributed by atoms with Gasteiger partial charge in [-0.05, 0) is 30.8 Å². The van der Waals surface area contributed by atoms with Crippen molar-refractivity contribution in [2.45, 2.75) is 58.8 Å². The Labute approximate surface area is 101 Å². The van der Waals surface area contributed by atoms with Crippen LogP contribution in [-0.4, -0.2) is 12.8 Å². The molecule has 1 heteroatoms. The van der Waals surface area contributed by atoms with Crippen molar-refractivity contribution >= 4 is 6.21 Å². The standard InChI is InChI=1S/C15H27N/c1-3-5-6-9-14(4-2)12-15-10-7-8-11-16-13-15/h7-8,11,14-15H,3-6,9-10,12-13H2,1-2H3. The van der Waals surface area contributed by atoms with E-state index in [9.17, 15) is 0 Å². The lowest BCUT2D eigenvalue weighted by atomic mass is 9.87. The molecule has 0 saturated carbocycles. The molecule has 1 aliphatic rings. The molecule has 2 unspecified atom stereocenters. The molecule has 0 spiro atoms. The van der Waals surface area contributed by atoms with Crippen molar-refractivity contribution < 1.29 is 0 Å². The van der Waals surface area contributed by atoms with Crippen LogP contribution in [0.15, 0.2) is 17.1 Å². The molecule has 0 aromatic rings. The van der Waals surface area contributed by atoms with E-state index in [1.54, 1.807) is 0 Å². The highest BCUT2D eigenvalue weighted by Crippen LogP contribution is 2.25. The van der Waals surface area contributed by atoms with E-state index in [-0.39, 0.29) is 0 Å². The third kappa shape index (κ3) is 5.48. The number of allylic oxidation sites excluding steroid dienone is 2. The molecule has 0 amide bonds. The summed E-state index contributed by atoms with van der Waals surface area (Å²) in [6.45, 7) is 5.66. The van der Waals surface area contributed by atoms with Gasteiger partial charge in [0.1, 0.15) is 0 Å². The second kappa shape index (κ2) is 8.55. The van der Waals surface area contributed by atoms with Crippen LogP contribution in [0.2, 0.25) is 0 Å². The first-order valence-electron chi connectivity index (χ1n) is 7.01. The fourth-order valence-electron chi connectivity index (χ4n) is 2.49. The summed E-state index contributed by atoms with van der Waals surface area (Å²) in [5.41, 5.74) is 0. The van der Waals surface area contributed by atoms with Gasteiger partial charge in [0.15, 0.2) is 0 Å². The number of rotatable bonds is 7. The largest absolute Gasteiger partial charge is 0.293 e. The summed E-state index contributed by atoms with van der Waals surface area (Å²) in [5, 5.41) is 0. The number of hydrogen-bond donors (Lipinski definition) is 0. The molecule has 0 fully saturated rings. The lowest BCUT2D eigenvalue weighted by Gasteiger charge is -2.20. The highest BCUT2D eigenvalue weighted by atomic mass is 14.7. The predicted octanol–water partition coefficient (Wildman–Crippen LogP) is 4.63. The SMILES string of the molecule is CCCCCC(CC)CC1CC=CC=NC1. The van der Waals surface area contributed by atoms with E-state index in [0.717, 1.165) is 18.4 Å². The Hall–Kier alpha value is -0.590. The Bertz CT molecular complexity index is 203. The monoisotopic (exact) mass is 221 g/mol. The zero-order valence-electron chi connectivity index (χ0n) is 11.0. The molecule has 0 aromatic carbocycles. The first kappa shape index (κ1) is 13.5. The summed E-state index contributed by atoms with van der Waals surface area (Å²) in [6.07, 6.45) is 15.9. The van der Waals surface area contributed by atoms with Gasteiger partial charge in [0, 0.05) is 12.8 Å². The van der Waals surface area contributed by atoms with Gasteiger partial charge < -0.3 is 0 Å². The summed E-state index contributed by atoms with van der Waals surface area (Å²) >= 11 is 0. The van der Waals surface area contributed by atoms with Crippen LogP contribution in [-0.2, 0) is 0 Å². The maximum absolute atomic E-state index is 4.42. The van der Waals surface area contributed by atoms with Crippen molar-refractivity contribution in [3.63, 3.8) is 0 Å². The minimum atomic E-state index is 0.793. The summed E-state index contributed by atoms with van der Waals surface area (Å²) in [5.74, 6) is 1.72. The average Bonchev–Trinajstić information content (AvgIpc) is 2.56. The Balaban J connectivity index is 2.25. The number of unbranched alkanes of at least 4 members (excludes halogenated alkanes) is 2. The lowest BCUT2D eigenvalue weighted by Crippen LogP contribution is -2.10. The van der Waals surface area contributed by atoms with Gasteiger partial charge in [-0.3, -0.25) is 4.99 Å². The van der Waals surface area contributed by atoms with E-state index in [1.165, 1.54) is 44.9 Å². The van der Waals surface area contributed by atoms with Gasteiger partial charge in [-0.1, -0.05) is 52.0 Å². The molecule has 92 valence electrons. The lowest BCUT2D eigenvalue weighted by molar-refractivity contribution is 0.341. The quantitative estimate of drug-likeness (QED) is 0.556. The second-order valence-electron chi connectivity index (χ2n) is 5.05. The Morgan fingerprint density at radius 3 is 2.94 bits per heavy atom. The topological polar surface area (TPSA) is 12.4 Å². The second-order valence-corrected chi connectivity index (χ2v) is 5.05. The molecule has 0 aromatic heterocycles. The van der Waals surface area contributed by atoms with Gasteiger partial charge in [-0.25, -0.2) is 0 Å². The number of aliphatic imine (C=N–C) groups is 1. The van der Waals surface area contributed by atoms with E-state index in [0.29, 0.717) is 0 Å². The first-order valence-corrected chi connectivity index (χ1v) is 7.01. The van der Waals surface area contributed by atoms with Crippen LogP contribution in [0.1, 0.15) is 58.8 Å². The highest BCUT2D eigenvalue weighted by Gasteiger charge is 2.14. The van der Waals surface area contributed by atoms with Crippen LogP contribution in [0, 0.1) is 11.8 Å². The smallest absolute Gasteiger partial charge is 0.0420 e. The molecule has 2 atom stereocenters. The van der Waals surface area contributed by atoms with Gasteiger partial charge in [-0.2, -0.15) is 0 Å². The summed E-state index contributed by atoms with van der Waals surface area (Å²) < 4.78 is 0. The maximum atomic E-state index is 4.42. The van der Waals surface area contributed by atoms with Crippen LogP contribution < -0.4 is 0 Å². The molecule has 0 N–H and O–H groups in total. The van der Waals surface area contributed by atoms with Crippen LogP contribution in [0.3, 0.4) is 0 Å². The maximum Gasteiger partial charge on any atom is 0.0420 e. The van der Waals surface area contributed by atoms with Gasteiger partial charge in [-0.15, -0.1) is 0 Å². The van der Waals surface area contributed by atoms with Crippen LogP contribution >= 0.6 is 0 Å². The Morgan fingerprint density at radius 1 is 1.31 bits per heavy atom. The van der Waals surface area contributed by atoms with E-state index in [4.69, 9.17) is 0 Å². The zero-order chi connectivity index (χ0) is 11.6. The van der Waals surface area contributed by atoms with Gasteiger partial charge in [0.2, 0.25) is 0 Å². The fourth-order valence-corrected chi connectivity index (χ4v) is 2.49. The van der Waals surface area contributed by atoms with E-state index in [2.05, 4.69) is 31.0 Å². The summed E-state index contributed by atoms with van der Waals surface area (Å²) in [6, 6.07) is 0. The third-order valence-corrected chi connectivity index (χ3v) is 3.62. The fraction of sp³-hybridized carbons (Fsp3) is 0.800. The van der Waals surface area contributed by atoms with E-state index in [1.807, 2.05) is 6.21 Å². The van der Waals surface area contributed by atoms with Gasteiger partial charge in [0.25, 0.3) is 0 Å². The number of nitrogens with zero attached hydrogens (tertiary/aromatic N) is 1. The van der Waals surface area contributed by atoms with E-state index >= 15 is 0 Å². The van der Waals surface area contributed by atoms with Gasteiger partial charge >= 0.3 is 0 Å². The molecule has 16 heavy (non-hydrogen) atoms. The zero-order valence-corrected chi connectivity index (χ0v) is 11.0. The minimum Gasteiger partial charge on any atom is -0.293 e. The molecule has 0 aliphatic carbocycles. The average molecular weight is 221 g/mol. The van der Waals surface area contributed by atoms with Crippen molar-refractivity contribution in [1.82, 2.24) is 0 Å². The van der Waals surface area contributed by atoms with Crippen LogP contribution in [0.25, 0.3) is 0 Å².